The average molecular weight is 339 g/mol. The normalized spacial score (nSPS) is 18.8. The number of aromatic nitrogens is 2. The summed E-state index contributed by atoms with van der Waals surface area (Å²) in [4.78, 5) is 6.76. The minimum Gasteiger partial charge on any atom is -0.368 e. The smallest absolute Gasteiger partial charge is 0.202 e. The van der Waals surface area contributed by atoms with Gasteiger partial charge in [0.05, 0.1) is 5.69 Å². The standard InChI is InChI=1S/C13H15BrN4S/c1-9-15-13(19-17-9)16-10-6-7-18(8-10)12-5-3-2-4-11(12)14/h2-5,10H,6-8H2,1H3,(H,15,16,17). The molecule has 100 valence electrons. The molecule has 1 aromatic carbocycles. The molecule has 1 unspecified atom stereocenters. The summed E-state index contributed by atoms with van der Waals surface area (Å²) in [6, 6.07) is 8.81. The van der Waals surface area contributed by atoms with Gasteiger partial charge in [0.1, 0.15) is 5.82 Å². The van der Waals surface area contributed by atoms with Crippen molar-refractivity contribution in [3.8, 4) is 0 Å². The molecule has 0 aliphatic carbocycles. The van der Waals surface area contributed by atoms with Gasteiger partial charge in [-0.05, 0) is 41.4 Å². The van der Waals surface area contributed by atoms with E-state index in [9.17, 15) is 0 Å². The Morgan fingerprint density at radius 2 is 2.26 bits per heavy atom. The molecule has 1 aliphatic heterocycles. The summed E-state index contributed by atoms with van der Waals surface area (Å²) >= 11 is 5.05. The van der Waals surface area contributed by atoms with E-state index in [0.29, 0.717) is 6.04 Å². The number of nitrogens with one attached hydrogen (secondary N) is 1. The first kappa shape index (κ1) is 12.9. The summed E-state index contributed by atoms with van der Waals surface area (Å²) < 4.78 is 5.35. The second-order valence-corrected chi connectivity index (χ2v) is 6.28. The lowest BCUT2D eigenvalue weighted by Gasteiger charge is -2.20. The molecular formula is C13H15BrN4S. The first-order valence-electron chi connectivity index (χ1n) is 6.29. The number of hydrogen-bond donors (Lipinski definition) is 1. The van der Waals surface area contributed by atoms with Crippen LogP contribution in [-0.2, 0) is 0 Å². The van der Waals surface area contributed by atoms with Crippen molar-refractivity contribution in [1.82, 2.24) is 9.36 Å². The molecule has 4 nitrogen and oxygen atoms in total. The van der Waals surface area contributed by atoms with Crippen molar-refractivity contribution in [3.63, 3.8) is 0 Å². The van der Waals surface area contributed by atoms with Crippen LogP contribution in [0.4, 0.5) is 10.8 Å². The van der Waals surface area contributed by atoms with E-state index >= 15 is 0 Å². The quantitative estimate of drug-likeness (QED) is 0.932. The van der Waals surface area contributed by atoms with Crippen LogP contribution in [0.2, 0.25) is 0 Å². The molecule has 0 amide bonds. The maximum absolute atomic E-state index is 4.36. The highest BCUT2D eigenvalue weighted by Gasteiger charge is 2.24. The van der Waals surface area contributed by atoms with E-state index in [0.717, 1.165) is 34.9 Å². The van der Waals surface area contributed by atoms with Gasteiger partial charge < -0.3 is 10.2 Å². The van der Waals surface area contributed by atoms with Crippen LogP contribution in [0, 0.1) is 6.92 Å². The van der Waals surface area contributed by atoms with Crippen LogP contribution < -0.4 is 10.2 Å². The van der Waals surface area contributed by atoms with Gasteiger partial charge in [0.25, 0.3) is 0 Å². The van der Waals surface area contributed by atoms with E-state index in [1.807, 2.05) is 13.0 Å². The molecule has 1 aromatic heterocycles. The highest BCUT2D eigenvalue weighted by Crippen LogP contribution is 2.29. The second kappa shape index (κ2) is 5.46. The summed E-state index contributed by atoms with van der Waals surface area (Å²) in [6.45, 7) is 3.99. The molecule has 3 rings (SSSR count). The van der Waals surface area contributed by atoms with Gasteiger partial charge in [-0.2, -0.15) is 4.37 Å². The Morgan fingerprint density at radius 3 is 3.00 bits per heavy atom. The zero-order valence-electron chi connectivity index (χ0n) is 10.6. The Morgan fingerprint density at radius 1 is 1.42 bits per heavy atom. The van der Waals surface area contributed by atoms with Gasteiger partial charge >= 0.3 is 0 Å². The summed E-state index contributed by atoms with van der Waals surface area (Å²) in [7, 11) is 0. The lowest BCUT2D eigenvalue weighted by atomic mass is 10.3. The van der Waals surface area contributed by atoms with Crippen LogP contribution in [0.15, 0.2) is 28.7 Å². The number of aryl methyl sites for hydroxylation is 1. The van der Waals surface area contributed by atoms with E-state index in [1.54, 1.807) is 0 Å². The number of para-hydroxylation sites is 1. The third kappa shape index (κ3) is 2.90. The third-order valence-electron chi connectivity index (χ3n) is 3.24. The van der Waals surface area contributed by atoms with Crippen molar-refractivity contribution in [2.45, 2.75) is 19.4 Å². The predicted octanol–water partition coefficient (Wildman–Crippen LogP) is 3.30. The average Bonchev–Trinajstić information content (AvgIpc) is 3.00. The minimum atomic E-state index is 0.444. The molecule has 6 heteroatoms. The predicted molar refractivity (Wildman–Crippen MR) is 83.0 cm³/mol. The van der Waals surface area contributed by atoms with Gasteiger partial charge in [0, 0.05) is 35.1 Å². The van der Waals surface area contributed by atoms with Gasteiger partial charge in [0.2, 0.25) is 5.13 Å². The number of hydrogen-bond acceptors (Lipinski definition) is 5. The maximum Gasteiger partial charge on any atom is 0.202 e. The van der Waals surface area contributed by atoms with Crippen molar-refractivity contribution in [1.29, 1.82) is 0 Å². The van der Waals surface area contributed by atoms with Crippen molar-refractivity contribution in [3.05, 3.63) is 34.6 Å². The molecule has 0 saturated carbocycles. The minimum absolute atomic E-state index is 0.444. The highest BCUT2D eigenvalue weighted by molar-refractivity contribution is 9.10. The van der Waals surface area contributed by atoms with Crippen LogP contribution in [-0.4, -0.2) is 28.5 Å². The fraction of sp³-hybridized carbons (Fsp3) is 0.385. The monoisotopic (exact) mass is 338 g/mol. The Hall–Kier alpha value is -1.14. The Balaban J connectivity index is 1.66. The fourth-order valence-corrected chi connectivity index (χ4v) is 3.52. The molecular weight excluding hydrogens is 324 g/mol. The summed E-state index contributed by atoms with van der Waals surface area (Å²) in [5, 5.41) is 4.40. The zero-order chi connectivity index (χ0) is 13.2. The Bertz CT molecular complexity index is 571. The Kier molecular flexibility index (Phi) is 3.70. The molecule has 19 heavy (non-hydrogen) atoms. The summed E-state index contributed by atoms with van der Waals surface area (Å²) in [6.07, 6.45) is 1.12. The summed E-state index contributed by atoms with van der Waals surface area (Å²) in [5.41, 5.74) is 1.26. The van der Waals surface area contributed by atoms with Gasteiger partial charge in [-0.15, -0.1) is 0 Å². The van der Waals surface area contributed by atoms with Crippen LogP contribution in [0.25, 0.3) is 0 Å². The molecule has 1 aliphatic rings. The number of nitrogens with zero attached hydrogens (tertiary/aromatic N) is 3. The molecule has 2 heterocycles. The van der Waals surface area contributed by atoms with E-state index < -0.39 is 0 Å². The number of rotatable bonds is 3. The second-order valence-electron chi connectivity index (χ2n) is 4.67. The van der Waals surface area contributed by atoms with Crippen molar-refractivity contribution in [2.24, 2.45) is 0 Å². The largest absolute Gasteiger partial charge is 0.368 e. The lowest BCUT2D eigenvalue weighted by molar-refractivity contribution is 0.804. The fourth-order valence-electron chi connectivity index (χ4n) is 2.34. The highest BCUT2D eigenvalue weighted by atomic mass is 79.9. The molecule has 1 N–H and O–H groups in total. The topological polar surface area (TPSA) is 41.1 Å². The van der Waals surface area contributed by atoms with Gasteiger partial charge in [0.15, 0.2) is 0 Å². The molecule has 2 aromatic rings. The van der Waals surface area contributed by atoms with E-state index in [1.165, 1.54) is 17.2 Å². The van der Waals surface area contributed by atoms with Gasteiger partial charge in [-0.3, -0.25) is 0 Å². The van der Waals surface area contributed by atoms with Crippen LogP contribution in [0.5, 0.6) is 0 Å². The molecule has 1 fully saturated rings. The first-order valence-corrected chi connectivity index (χ1v) is 7.85. The van der Waals surface area contributed by atoms with Crippen molar-refractivity contribution < 1.29 is 0 Å². The molecule has 1 saturated heterocycles. The number of benzene rings is 1. The van der Waals surface area contributed by atoms with Gasteiger partial charge in [-0.1, -0.05) is 12.1 Å². The molecule has 1 atom stereocenters. The number of anilines is 2. The molecule has 0 radical (unpaired) electrons. The third-order valence-corrected chi connectivity index (χ3v) is 4.64. The zero-order valence-corrected chi connectivity index (χ0v) is 13.0. The molecule has 0 bridgehead atoms. The summed E-state index contributed by atoms with van der Waals surface area (Å²) in [5.74, 6) is 0.841. The SMILES string of the molecule is Cc1nsc(NC2CCN(c3ccccc3Br)C2)n1. The first-order chi connectivity index (χ1) is 9.22. The lowest BCUT2D eigenvalue weighted by Crippen LogP contribution is -2.26. The van der Waals surface area contributed by atoms with E-state index in [2.05, 4.69) is 53.7 Å². The number of halogens is 1. The van der Waals surface area contributed by atoms with E-state index in [-0.39, 0.29) is 0 Å². The molecule has 0 spiro atoms. The van der Waals surface area contributed by atoms with Crippen LogP contribution >= 0.6 is 27.5 Å². The van der Waals surface area contributed by atoms with Crippen molar-refractivity contribution >= 4 is 38.3 Å². The Labute approximate surface area is 125 Å². The van der Waals surface area contributed by atoms with Crippen molar-refractivity contribution in [2.75, 3.05) is 23.3 Å². The maximum atomic E-state index is 4.36. The van der Waals surface area contributed by atoms with Crippen LogP contribution in [0.3, 0.4) is 0 Å². The van der Waals surface area contributed by atoms with Gasteiger partial charge in [-0.25, -0.2) is 4.98 Å². The van der Waals surface area contributed by atoms with Crippen LogP contribution in [0.1, 0.15) is 12.2 Å². The van der Waals surface area contributed by atoms with E-state index in [4.69, 9.17) is 0 Å².